The number of anilines is 1. The molecular weight excluding hydrogens is 296 g/mol. The van der Waals surface area contributed by atoms with E-state index in [9.17, 15) is 0 Å². The van der Waals surface area contributed by atoms with Crippen LogP contribution in [0.25, 0.3) is 22.5 Å². The average Bonchev–Trinajstić information content (AvgIpc) is 2.99. The van der Waals surface area contributed by atoms with Gasteiger partial charge in [-0.2, -0.15) is 5.10 Å². The van der Waals surface area contributed by atoms with Crippen LogP contribution in [-0.4, -0.2) is 15.4 Å². The van der Waals surface area contributed by atoms with Crippen molar-refractivity contribution in [2.45, 2.75) is 0 Å². The fourth-order valence-corrected chi connectivity index (χ4v) is 2.03. The van der Waals surface area contributed by atoms with E-state index < -0.39 is 0 Å². The van der Waals surface area contributed by atoms with Crippen LogP contribution >= 0.6 is 15.9 Å². The quantitative estimate of drug-likeness (QED) is 0.762. The smallest absolute Gasteiger partial charge is 0.230 e. The first-order chi connectivity index (χ1) is 8.75. The van der Waals surface area contributed by atoms with E-state index in [1.54, 1.807) is 6.20 Å². The maximum absolute atomic E-state index is 5.84. The molecular formula is C12H9BrN4O. The maximum atomic E-state index is 5.84. The molecule has 18 heavy (non-hydrogen) atoms. The van der Waals surface area contributed by atoms with Crippen molar-refractivity contribution in [3.63, 3.8) is 0 Å². The van der Waals surface area contributed by atoms with Crippen LogP contribution in [0.5, 0.6) is 0 Å². The summed E-state index contributed by atoms with van der Waals surface area (Å²) in [5, 5.41) is 10.7. The van der Waals surface area contributed by atoms with Gasteiger partial charge in [0, 0.05) is 10.7 Å². The van der Waals surface area contributed by atoms with E-state index in [1.807, 2.05) is 30.3 Å². The van der Waals surface area contributed by atoms with Crippen LogP contribution in [0.2, 0.25) is 0 Å². The van der Waals surface area contributed by atoms with Crippen molar-refractivity contribution in [3.8, 4) is 22.5 Å². The number of nitrogens with two attached hydrogens (primary N) is 1. The molecule has 3 aromatic rings. The number of nitrogen functional groups attached to an aromatic ring is 1. The van der Waals surface area contributed by atoms with E-state index >= 15 is 0 Å². The fourth-order valence-electron chi connectivity index (χ4n) is 1.77. The van der Waals surface area contributed by atoms with E-state index in [-0.39, 0.29) is 0 Å². The summed E-state index contributed by atoms with van der Waals surface area (Å²) in [6.45, 7) is 0. The minimum Gasteiger partial charge on any atom is -0.367 e. The lowest BCUT2D eigenvalue weighted by molar-refractivity contribution is 0.439. The van der Waals surface area contributed by atoms with Crippen molar-refractivity contribution in [1.29, 1.82) is 0 Å². The van der Waals surface area contributed by atoms with Crippen molar-refractivity contribution in [3.05, 3.63) is 41.0 Å². The highest BCUT2D eigenvalue weighted by atomic mass is 79.9. The van der Waals surface area contributed by atoms with Gasteiger partial charge in [-0.1, -0.05) is 33.2 Å². The lowest BCUT2D eigenvalue weighted by atomic mass is 10.0. The predicted molar refractivity (Wildman–Crippen MR) is 71.6 cm³/mol. The van der Waals surface area contributed by atoms with Crippen LogP contribution in [0, 0.1) is 0 Å². The third kappa shape index (κ3) is 1.80. The molecule has 5 nitrogen and oxygen atoms in total. The average molecular weight is 305 g/mol. The molecule has 90 valence electrons. The molecule has 0 spiro atoms. The molecule has 0 atom stereocenters. The number of nitrogens with one attached hydrogen (secondary N) is 1. The molecule has 1 aromatic carbocycles. The van der Waals surface area contributed by atoms with Crippen LogP contribution in [0.4, 0.5) is 5.88 Å². The minimum absolute atomic E-state index is 0.293. The van der Waals surface area contributed by atoms with Gasteiger partial charge >= 0.3 is 0 Å². The van der Waals surface area contributed by atoms with Crippen LogP contribution in [-0.2, 0) is 0 Å². The van der Waals surface area contributed by atoms with Crippen molar-refractivity contribution >= 4 is 21.8 Å². The van der Waals surface area contributed by atoms with E-state index in [0.29, 0.717) is 11.6 Å². The largest absolute Gasteiger partial charge is 0.367 e. The molecule has 0 aliphatic carbocycles. The molecule has 0 amide bonds. The summed E-state index contributed by atoms with van der Waals surface area (Å²) in [7, 11) is 0. The third-order valence-electron chi connectivity index (χ3n) is 2.61. The summed E-state index contributed by atoms with van der Waals surface area (Å²) >= 11 is 3.40. The number of rotatable bonds is 2. The van der Waals surface area contributed by atoms with Crippen molar-refractivity contribution in [1.82, 2.24) is 15.4 Å². The molecule has 0 saturated heterocycles. The zero-order chi connectivity index (χ0) is 12.5. The number of hydrogen-bond donors (Lipinski definition) is 2. The number of nitrogens with zero attached hydrogens (tertiary/aromatic N) is 2. The molecule has 2 aromatic heterocycles. The number of aromatic amines is 1. The Hall–Kier alpha value is -2.08. The van der Waals surface area contributed by atoms with Crippen LogP contribution in [0.1, 0.15) is 0 Å². The molecule has 0 saturated carbocycles. The number of H-pyrrole nitrogens is 1. The molecule has 6 heteroatoms. The standard InChI is InChI=1S/C12H9BrN4O/c13-8-3-1-7(2-4-8)10-11(17-18-12(10)14)9-5-6-15-16-9/h1-6H,14H2,(H,15,16). The van der Waals surface area contributed by atoms with E-state index in [0.717, 1.165) is 21.3 Å². The zero-order valence-corrected chi connectivity index (χ0v) is 10.8. The summed E-state index contributed by atoms with van der Waals surface area (Å²) in [6.07, 6.45) is 1.66. The number of hydrogen-bond acceptors (Lipinski definition) is 4. The molecule has 0 aliphatic heterocycles. The molecule has 0 bridgehead atoms. The highest BCUT2D eigenvalue weighted by Gasteiger charge is 2.18. The van der Waals surface area contributed by atoms with Gasteiger partial charge in [0.25, 0.3) is 0 Å². The second-order valence-corrected chi connectivity index (χ2v) is 4.66. The van der Waals surface area contributed by atoms with Gasteiger partial charge < -0.3 is 10.3 Å². The SMILES string of the molecule is Nc1onc(-c2ccn[nH]2)c1-c1ccc(Br)cc1. The summed E-state index contributed by atoms with van der Waals surface area (Å²) in [6, 6.07) is 9.61. The van der Waals surface area contributed by atoms with Crippen molar-refractivity contribution < 1.29 is 4.52 Å². The Bertz CT molecular complexity index is 658. The Morgan fingerprint density at radius 1 is 1.17 bits per heavy atom. The summed E-state index contributed by atoms with van der Waals surface area (Å²) < 4.78 is 6.08. The Balaban J connectivity index is 2.17. The number of halogens is 1. The molecule has 0 unspecified atom stereocenters. The molecule has 3 N–H and O–H groups in total. The molecule has 3 rings (SSSR count). The van der Waals surface area contributed by atoms with Crippen LogP contribution < -0.4 is 5.73 Å². The molecule has 0 aliphatic rings. The molecule has 0 radical (unpaired) electrons. The fraction of sp³-hybridized carbons (Fsp3) is 0. The minimum atomic E-state index is 0.293. The molecule has 0 fully saturated rings. The zero-order valence-electron chi connectivity index (χ0n) is 9.22. The van der Waals surface area contributed by atoms with Gasteiger partial charge in [0.2, 0.25) is 5.88 Å². The van der Waals surface area contributed by atoms with Crippen LogP contribution in [0.3, 0.4) is 0 Å². The van der Waals surface area contributed by atoms with Gasteiger partial charge in [0.15, 0.2) is 0 Å². The Morgan fingerprint density at radius 2 is 1.94 bits per heavy atom. The monoisotopic (exact) mass is 304 g/mol. The maximum Gasteiger partial charge on any atom is 0.230 e. The van der Waals surface area contributed by atoms with Crippen molar-refractivity contribution in [2.24, 2.45) is 0 Å². The second-order valence-electron chi connectivity index (χ2n) is 3.75. The van der Waals surface area contributed by atoms with Gasteiger partial charge in [-0.3, -0.25) is 5.10 Å². The van der Waals surface area contributed by atoms with E-state index in [4.69, 9.17) is 10.3 Å². The van der Waals surface area contributed by atoms with E-state index in [2.05, 4.69) is 31.3 Å². The first-order valence-corrected chi connectivity index (χ1v) is 6.06. The lowest BCUT2D eigenvalue weighted by Gasteiger charge is -2.01. The first kappa shape index (κ1) is 11.0. The van der Waals surface area contributed by atoms with Gasteiger partial charge in [0.05, 0.1) is 11.3 Å². The van der Waals surface area contributed by atoms with Gasteiger partial charge in [0.1, 0.15) is 5.69 Å². The first-order valence-electron chi connectivity index (χ1n) is 5.26. The van der Waals surface area contributed by atoms with Gasteiger partial charge in [-0.05, 0) is 23.8 Å². The predicted octanol–water partition coefficient (Wildman–Crippen LogP) is 3.08. The Labute approximate surface area is 111 Å². The Kier molecular flexibility index (Phi) is 2.64. The van der Waals surface area contributed by atoms with E-state index in [1.165, 1.54) is 0 Å². The Morgan fingerprint density at radius 3 is 2.61 bits per heavy atom. The summed E-state index contributed by atoms with van der Waals surface area (Å²) in [5.41, 5.74) is 8.99. The van der Waals surface area contributed by atoms with Crippen LogP contribution in [0.15, 0.2) is 45.5 Å². The topological polar surface area (TPSA) is 80.7 Å². The second kappa shape index (κ2) is 4.30. The highest BCUT2D eigenvalue weighted by molar-refractivity contribution is 9.10. The number of aromatic nitrogens is 3. The van der Waals surface area contributed by atoms with Gasteiger partial charge in [-0.25, -0.2) is 0 Å². The summed E-state index contributed by atoms with van der Waals surface area (Å²) in [4.78, 5) is 0. The normalized spacial score (nSPS) is 10.7. The summed E-state index contributed by atoms with van der Waals surface area (Å²) in [5.74, 6) is 0.293. The third-order valence-corrected chi connectivity index (χ3v) is 3.14. The highest BCUT2D eigenvalue weighted by Crippen LogP contribution is 2.35. The van der Waals surface area contributed by atoms with Crippen molar-refractivity contribution in [2.75, 3.05) is 5.73 Å². The lowest BCUT2D eigenvalue weighted by Crippen LogP contribution is -1.88. The number of benzene rings is 1. The van der Waals surface area contributed by atoms with Gasteiger partial charge in [-0.15, -0.1) is 0 Å². The molecule has 2 heterocycles.